The molecule has 4 aromatic carbocycles. The molecule has 0 radical (unpaired) electrons. The Labute approximate surface area is 322 Å². The van der Waals surface area contributed by atoms with Crippen LogP contribution in [0.15, 0.2) is 78.9 Å². The first-order chi connectivity index (χ1) is 26.9. The quantitative estimate of drug-likeness (QED) is 0.0807. The topological polar surface area (TPSA) is 128 Å². The number of benzene rings is 4. The third kappa shape index (κ3) is 9.27. The van der Waals surface area contributed by atoms with Crippen LogP contribution in [0.3, 0.4) is 0 Å². The van der Waals surface area contributed by atoms with Crippen molar-refractivity contribution in [2.75, 3.05) is 18.5 Å². The summed E-state index contributed by atoms with van der Waals surface area (Å²) in [5.74, 6) is -0.789. The van der Waals surface area contributed by atoms with Crippen molar-refractivity contribution in [2.24, 2.45) is 0 Å². The summed E-state index contributed by atoms with van der Waals surface area (Å²) >= 11 is 0. The van der Waals surface area contributed by atoms with Gasteiger partial charge in [-0.1, -0.05) is 43.5 Å². The number of amides is 1. The lowest BCUT2D eigenvalue weighted by molar-refractivity contribution is -0.143. The zero-order valence-electron chi connectivity index (χ0n) is 30.8. The summed E-state index contributed by atoms with van der Waals surface area (Å²) in [7, 11) is 0. The number of alkyl halides is 3. The summed E-state index contributed by atoms with van der Waals surface area (Å²) in [6.07, 6.45) is 2.28. The summed E-state index contributed by atoms with van der Waals surface area (Å²) in [5.41, 5.74) is 2.24. The van der Waals surface area contributed by atoms with Crippen LogP contribution in [0.5, 0.6) is 5.75 Å². The number of carbonyl (C=O) groups excluding carboxylic acids is 2. The maximum Gasteiger partial charge on any atom is 0.417 e. The standard InChI is InChI=1S/C44H40F4N4O4/c1-43(27-55-34-19-13-29(25-49)14-20-34,42(54)51-33-18-17-31(26-50)37(24-33)44(46,47)48)56-21-6-4-2-3-5-8-28-11-15-30(16-12-28)41-35-9-7-10-39(53)36-22-32(45)23-38(52-41)40(35)36/h11-20,22-24,52H,2-10,21,27H2,1H3,(H,51,54)/t43-/m0/s1. The number of nitrogens with one attached hydrogen (secondary N) is 2. The number of unbranched alkanes of at least 4 members (excludes halogenated alkanes) is 4. The molecule has 0 spiro atoms. The van der Waals surface area contributed by atoms with Crippen LogP contribution in [-0.2, 0) is 28.5 Å². The highest BCUT2D eigenvalue weighted by atomic mass is 19.4. The van der Waals surface area contributed by atoms with Crippen LogP contribution in [0, 0.1) is 28.5 Å². The molecule has 0 saturated heterocycles. The van der Waals surface area contributed by atoms with E-state index in [1.165, 1.54) is 36.8 Å². The minimum absolute atomic E-state index is 0.0250. The fraction of sp³-hybridized carbons (Fsp3) is 0.318. The van der Waals surface area contributed by atoms with E-state index < -0.39 is 34.6 Å². The second-order valence-corrected chi connectivity index (χ2v) is 14.2. The van der Waals surface area contributed by atoms with Crippen molar-refractivity contribution in [1.29, 1.82) is 10.5 Å². The van der Waals surface area contributed by atoms with E-state index >= 15 is 0 Å². The highest BCUT2D eigenvalue weighted by molar-refractivity contribution is 6.11. The van der Waals surface area contributed by atoms with Crippen LogP contribution < -0.4 is 10.1 Å². The number of ether oxygens (including phenoxy) is 2. The van der Waals surface area contributed by atoms with Gasteiger partial charge in [-0.3, -0.25) is 9.59 Å². The van der Waals surface area contributed by atoms with Crippen molar-refractivity contribution in [3.8, 4) is 29.1 Å². The Bertz CT molecular complexity index is 2300. The van der Waals surface area contributed by atoms with Crippen molar-refractivity contribution >= 4 is 28.3 Å². The molecule has 12 heteroatoms. The van der Waals surface area contributed by atoms with Gasteiger partial charge >= 0.3 is 6.18 Å². The number of rotatable bonds is 15. The maximum atomic E-state index is 14.3. The molecule has 0 aliphatic heterocycles. The van der Waals surface area contributed by atoms with Crippen LogP contribution in [0.25, 0.3) is 22.2 Å². The SMILES string of the molecule is C[C@@](COc1ccc(C#N)cc1)(OCCCCCCCc1ccc(-c2[nH]c3cc(F)cc4c3c2CCCC4=O)cc1)C(=O)Nc1ccc(C#N)c(C(F)(F)F)c1. The first kappa shape index (κ1) is 39.7. The van der Waals surface area contributed by atoms with E-state index in [4.69, 9.17) is 20.0 Å². The second kappa shape index (κ2) is 17.2. The number of anilines is 1. The van der Waals surface area contributed by atoms with Gasteiger partial charge in [0, 0.05) is 40.9 Å². The lowest BCUT2D eigenvalue weighted by Gasteiger charge is -2.29. The molecule has 1 heterocycles. The number of hydrogen-bond acceptors (Lipinski definition) is 6. The number of hydrogen-bond donors (Lipinski definition) is 2. The number of ketones is 1. The maximum absolute atomic E-state index is 14.3. The first-order valence-electron chi connectivity index (χ1n) is 18.5. The van der Waals surface area contributed by atoms with Gasteiger partial charge in [0.05, 0.1) is 28.8 Å². The summed E-state index contributed by atoms with van der Waals surface area (Å²) in [6, 6.07) is 23.9. The number of nitriles is 2. The summed E-state index contributed by atoms with van der Waals surface area (Å²) in [6.45, 7) is 1.44. The van der Waals surface area contributed by atoms with Crippen LogP contribution in [-0.4, -0.2) is 35.5 Å². The van der Waals surface area contributed by atoms with Gasteiger partial charge in [-0.15, -0.1) is 0 Å². The number of nitrogens with zero attached hydrogens (tertiary/aromatic N) is 2. The van der Waals surface area contributed by atoms with E-state index in [0.717, 1.165) is 79.3 Å². The Balaban J connectivity index is 1.00. The molecule has 288 valence electrons. The molecule has 6 rings (SSSR count). The predicted octanol–water partition coefficient (Wildman–Crippen LogP) is 10.2. The zero-order valence-corrected chi connectivity index (χ0v) is 30.8. The molecule has 2 N–H and O–H groups in total. The molecule has 1 amide bonds. The molecule has 8 nitrogen and oxygen atoms in total. The summed E-state index contributed by atoms with van der Waals surface area (Å²) in [4.78, 5) is 29.5. The van der Waals surface area contributed by atoms with E-state index in [1.807, 2.05) is 6.07 Å². The minimum Gasteiger partial charge on any atom is -0.490 e. The number of aryl methyl sites for hydroxylation is 2. The fourth-order valence-corrected chi connectivity index (χ4v) is 6.98. The van der Waals surface area contributed by atoms with Gasteiger partial charge < -0.3 is 19.8 Å². The van der Waals surface area contributed by atoms with E-state index in [9.17, 15) is 27.2 Å². The normalized spacial score (nSPS) is 13.7. The lowest BCUT2D eigenvalue weighted by atomic mass is 9.98. The number of halogens is 4. The average molecular weight is 765 g/mol. The van der Waals surface area contributed by atoms with Crippen molar-refractivity contribution < 1.29 is 36.6 Å². The van der Waals surface area contributed by atoms with Crippen LogP contribution in [0.2, 0.25) is 0 Å². The van der Waals surface area contributed by atoms with Crippen LogP contribution in [0.4, 0.5) is 23.2 Å². The predicted molar refractivity (Wildman–Crippen MR) is 204 cm³/mol. The molecule has 1 aliphatic rings. The van der Waals surface area contributed by atoms with Gasteiger partial charge in [0.1, 0.15) is 18.2 Å². The van der Waals surface area contributed by atoms with Gasteiger partial charge in [0.25, 0.3) is 5.91 Å². The first-order valence-corrected chi connectivity index (χ1v) is 18.5. The lowest BCUT2D eigenvalue weighted by Crippen LogP contribution is -2.48. The van der Waals surface area contributed by atoms with Gasteiger partial charge in [-0.2, -0.15) is 23.7 Å². The Morgan fingerprint density at radius 2 is 1.62 bits per heavy atom. The third-order valence-corrected chi connectivity index (χ3v) is 10.1. The molecule has 56 heavy (non-hydrogen) atoms. The molecule has 0 saturated carbocycles. The summed E-state index contributed by atoms with van der Waals surface area (Å²) in [5, 5.41) is 21.5. The number of H-pyrrole nitrogens is 1. The summed E-state index contributed by atoms with van der Waals surface area (Å²) < 4.78 is 66.9. The Hall–Kier alpha value is -5.98. The van der Waals surface area contributed by atoms with E-state index in [1.54, 1.807) is 24.3 Å². The van der Waals surface area contributed by atoms with Crippen molar-refractivity contribution in [3.63, 3.8) is 0 Å². The highest BCUT2D eigenvalue weighted by Gasteiger charge is 2.37. The molecule has 1 aromatic heterocycles. The van der Waals surface area contributed by atoms with Gasteiger partial charge in [-0.25, -0.2) is 4.39 Å². The zero-order chi connectivity index (χ0) is 39.9. The molecular weight excluding hydrogens is 725 g/mol. The molecule has 0 unspecified atom stereocenters. The molecule has 0 bridgehead atoms. The van der Waals surface area contributed by atoms with Crippen molar-refractivity contribution in [3.05, 3.63) is 118 Å². The van der Waals surface area contributed by atoms with Crippen molar-refractivity contribution in [1.82, 2.24) is 4.98 Å². The molecule has 1 aliphatic carbocycles. The van der Waals surface area contributed by atoms with Crippen LogP contribution in [0.1, 0.15) is 90.0 Å². The fourth-order valence-electron chi connectivity index (χ4n) is 6.98. The number of carbonyl (C=O) groups is 2. The monoisotopic (exact) mass is 764 g/mol. The van der Waals surface area contributed by atoms with E-state index in [-0.39, 0.29) is 24.7 Å². The third-order valence-electron chi connectivity index (χ3n) is 10.1. The minimum atomic E-state index is -4.79. The molecule has 0 fully saturated rings. The van der Waals surface area contributed by atoms with Gasteiger partial charge in [0.15, 0.2) is 11.4 Å². The molecular formula is C44H40F4N4O4. The largest absolute Gasteiger partial charge is 0.490 e. The number of aromatic nitrogens is 1. The smallest absolute Gasteiger partial charge is 0.417 e. The number of Topliss-reactive ketones (excluding diaryl/α,β-unsaturated/α-hetero) is 1. The van der Waals surface area contributed by atoms with Crippen LogP contribution >= 0.6 is 0 Å². The van der Waals surface area contributed by atoms with Gasteiger partial charge in [0.2, 0.25) is 0 Å². The number of aromatic amines is 1. The molecule has 1 atom stereocenters. The Morgan fingerprint density at radius 3 is 2.34 bits per heavy atom. The second-order valence-electron chi connectivity index (χ2n) is 14.2. The van der Waals surface area contributed by atoms with Gasteiger partial charge in [-0.05, 0) is 110 Å². The Kier molecular flexibility index (Phi) is 12.2. The van der Waals surface area contributed by atoms with Crippen molar-refractivity contribution in [2.45, 2.75) is 76.5 Å². The highest BCUT2D eigenvalue weighted by Crippen LogP contribution is 2.37. The molecule has 5 aromatic rings. The van der Waals surface area contributed by atoms with E-state index in [2.05, 4.69) is 34.6 Å². The van der Waals surface area contributed by atoms with E-state index in [0.29, 0.717) is 35.2 Å². The average Bonchev–Trinajstić information content (AvgIpc) is 3.46. The Morgan fingerprint density at radius 1 is 0.893 bits per heavy atom.